The largest absolute Gasteiger partial charge is 0.463 e. The molecule has 0 atom stereocenters. The first-order valence-corrected chi connectivity index (χ1v) is 7.05. The fourth-order valence-corrected chi connectivity index (χ4v) is 2.69. The monoisotopic (exact) mass is 266 g/mol. The van der Waals surface area contributed by atoms with Gasteiger partial charge in [0, 0.05) is 13.1 Å². The van der Waals surface area contributed by atoms with Crippen LogP contribution in [0.5, 0.6) is 0 Å². The van der Waals surface area contributed by atoms with E-state index in [0.29, 0.717) is 30.5 Å². The topological polar surface area (TPSA) is 58.6 Å². The third kappa shape index (κ3) is 3.08. The van der Waals surface area contributed by atoms with Crippen molar-refractivity contribution in [2.75, 3.05) is 20.2 Å². The third-order valence-electron chi connectivity index (χ3n) is 3.73. The average molecular weight is 266 g/mol. The molecule has 1 heterocycles. The Balaban J connectivity index is 2.12. The molecule has 0 saturated heterocycles. The molecule has 0 radical (unpaired) electrons. The maximum Gasteiger partial charge on any atom is 0.338 e. The van der Waals surface area contributed by atoms with Crippen molar-refractivity contribution in [1.82, 2.24) is 10.2 Å². The number of carbonyl (C=O) groups is 2. The lowest BCUT2D eigenvalue weighted by atomic mass is 9.95. The zero-order chi connectivity index (χ0) is 13.8. The highest BCUT2D eigenvalue weighted by molar-refractivity contribution is 6.06. The molecule has 106 valence electrons. The third-order valence-corrected chi connectivity index (χ3v) is 3.73. The highest BCUT2D eigenvalue weighted by atomic mass is 16.5. The second-order valence-electron chi connectivity index (χ2n) is 5.21. The molecule has 1 amide bonds. The molecule has 1 N–H and O–H groups in total. The van der Waals surface area contributed by atoms with Crippen molar-refractivity contribution in [1.29, 1.82) is 0 Å². The molecule has 1 aliphatic heterocycles. The molecule has 0 aromatic carbocycles. The van der Waals surface area contributed by atoms with Gasteiger partial charge in [-0.2, -0.15) is 0 Å². The fraction of sp³-hybridized carbons (Fsp3) is 0.714. The van der Waals surface area contributed by atoms with Gasteiger partial charge >= 0.3 is 5.97 Å². The van der Waals surface area contributed by atoms with Crippen molar-refractivity contribution in [2.45, 2.75) is 45.1 Å². The molecule has 19 heavy (non-hydrogen) atoms. The molecule has 2 aliphatic rings. The number of hydrogen-bond acceptors (Lipinski definition) is 4. The Hall–Kier alpha value is -1.52. The Bertz CT molecular complexity index is 397. The minimum absolute atomic E-state index is 0.103. The lowest BCUT2D eigenvalue weighted by Gasteiger charge is -2.24. The van der Waals surface area contributed by atoms with Crippen molar-refractivity contribution in [2.24, 2.45) is 0 Å². The highest BCUT2D eigenvalue weighted by Crippen LogP contribution is 2.22. The van der Waals surface area contributed by atoms with E-state index in [-0.39, 0.29) is 11.9 Å². The summed E-state index contributed by atoms with van der Waals surface area (Å²) in [4.78, 5) is 25.5. The van der Waals surface area contributed by atoms with Gasteiger partial charge in [-0.3, -0.25) is 4.79 Å². The van der Waals surface area contributed by atoms with Crippen molar-refractivity contribution in [3.8, 4) is 0 Å². The molecule has 0 bridgehead atoms. The van der Waals surface area contributed by atoms with Crippen LogP contribution in [0.15, 0.2) is 11.3 Å². The van der Waals surface area contributed by atoms with Crippen molar-refractivity contribution in [3.63, 3.8) is 0 Å². The van der Waals surface area contributed by atoms with E-state index < -0.39 is 0 Å². The Labute approximate surface area is 114 Å². The molecule has 1 saturated carbocycles. The standard InChI is InChI=1S/C14H22N2O3/c1-3-19-14(18)11-9-16(2)13(17)12(11)15-10-7-5-4-6-8-10/h10,15H,3-9H2,1-2H3. The van der Waals surface area contributed by atoms with E-state index in [0.717, 1.165) is 12.8 Å². The SMILES string of the molecule is CCOC(=O)C1=C(NC2CCCCC2)C(=O)N(C)C1. The Morgan fingerprint density at radius 2 is 2.05 bits per heavy atom. The molecular weight excluding hydrogens is 244 g/mol. The lowest BCUT2D eigenvalue weighted by molar-refractivity contribution is -0.138. The molecule has 0 spiro atoms. The van der Waals surface area contributed by atoms with E-state index in [1.807, 2.05) is 0 Å². The predicted molar refractivity (Wildman–Crippen MR) is 71.3 cm³/mol. The van der Waals surface area contributed by atoms with Crippen molar-refractivity contribution >= 4 is 11.9 Å². The summed E-state index contributed by atoms with van der Waals surface area (Å²) in [6.07, 6.45) is 5.76. The van der Waals surface area contributed by atoms with Crippen molar-refractivity contribution in [3.05, 3.63) is 11.3 Å². The van der Waals surface area contributed by atoms with Gasteiger partial charge in [0.25, 0.3) is 5.91 Å². The molecule has 0 aromatic heterocycles. The molecule has 5 heteroatoms. The second kappa shape index (κ2) is 6.08. The highest BCUT2D eigenvalue weighted by Gasteiger charge is 2.33. The maximum atomic E-state index is 12.1. The van der Waals surface area contributed by atoms with E-state index in [1.165, 1.54) is 19.3 Å². The van der Waals surface area contributed by atoms with E-state index in [4.69, 9.17) is 4.74 Å². The first kappa shape index (κ1) is 13.9. The van der Waals surface area contributed by atoms with Crippen LogP contribution < -0.4 is 5.32 Å². The minimum atomic E-state index is -0.376. The van der Waals surface area contributed by atoms with Crippen LogP contribution >= 0.6 is 0 Å². The Kier molecular flexibility index (Phi) is 4.45. The van der Waals surface area contributed by atoms with Gasteiger partial charge in [0.1, 0.15) is 5.70 Å². The summed E-state index contributed by atoms with van der Waals surface area (Å²) in [6, 6.07) is 0.309. The second-order valence-corrected chi connectivity index (χ2v) is 5.21. The predicted octanol–water partition coefficient (Wildman–Crippen LogP) is 1.20. The first-order valence-electron chi connectivity index (χ1n) is 7.05. The minimum Gasteiger partial charge on any atom is -0.463 e. The van der Waals surface area contributed by atoms with Crippen LogP contribution in [-0.2, 0) is 14.3 Å². The number of likely N-dealkylation sites (N-methyl/N-ethyl adjacent to an activating group) is 1. The van der Waals surface area contributed by atoms with Gasteiger partial charge in [-0.25, -0.2) is 4.79 Å². The van der Waals surface area contributed by atoms with Gasteiger partial charge in [-0.15, -0.1) is 0 Å². The first-order chi connectivity index (χ1) is 9.13. The average Bonchev–Trinajstić information content (AvgIpc) is 2.69. The Morgan fingerprint density at radius 1 is 1.37 bits per heavy atom. The Morgan fingerprint density at radius 3 is 2.68 bits per heavy atom. The van der Waals surface area contributed by atoms with Crippen LogP contribution in [0.2, 0.25) is 0 Å². The molecule has 1 aliphatic carbocycles. The fourth-order valence-electron chi connectivity index (χ4n) is 2.69. The van der Waals surface area contributed by atoms with E-state index in [1.54, 1.807) is 18.9 Å². The number of hydrogen-bond donors (Lipinski definition) is 1. The van der Waals surface area contributed by atoms with Crippen LogP contribution in [0.1, 0.15) is 39.0 Å². The normalized spacial score (nSPS) is 20.9. The summed E-state index contributed by atoms with van der Waals surface area (Å²) in [5.74, 6) is -0.480. The van der Waals surface area contributed by atoms with E-state index in [9.17, 15) is 9.59 Å². The quantitative estimate of drug-likeness (QED) is 0.777. The zero-order valence-corrected chi connectivity index (χ0v) is 11.7. The summed E-state index contributed by atoms with van der Waals surface area (Å²) >= 11 is 0. The maximum absolute atomic E-state index is 12.1. The van der Waals surface area contributed by atoms with Crippen LogP contribution in [0, 0.1) is 0 Å². The van der Waals surface area contributed by atoms with Gasteiger partial charge in [-0.1, -0.05) is 19.3 Å². The summed E-state index contributed by atoms with van der Waals surface area (Å²) < 4.78 is 5.03. The summed E-state index contributed by atoms with van der Waals surface area (Å²) in [5, 5.41) is 3.27. The lowest BCUT2D eigenvalue weighted by Crippen LogP contribution is -2.35. The summed E-state index contributed by atoms with van der Waals surface area (Å²) in [6.45, 7) is 2.44. The number of carbonyl (C=O) groups excluding carboxylic acids is 2. The number of rotatable bonds is 4. The number of ether oxygens (including phenoxy) is 1. The van der Waals surface area contributed by atoms with Crippen LogP contribution in [0.4, 0.5) is 0 Å². The molecule has 2 rings (SSSR count). The van der Waals surface area contributed by atoms with E-state index in [2.05, 4.69) is 5.32 Å². The van der Waals surface area contributed by atoms with Gasteiger partial charge < -0.3 is 15.0 Å². The van der Waals surface area contributed by atoms with Gasteiger partial charge in [0.2, 0.25) is 0 Å². The number of nitrogens with one attached hydrogen (secondary N) is 1. The summed E-state index contributed by atoms with van der Waals surface area (Å²) in [7, 11) is 1.71. The van der Waals surface area contributed by atoms with Crippen LogP contribution in [0.25, 0.3) is 0 Å². The molecular formula is C14H22N2O3. The van der Waals surface area contributed by atoms with Gasteiger partial charge in [0.15, 0.2) is 0 Å². The zero-order valence-electron chi connectivity index (χ0n) is 11.7. The number of nitrogens with zero attached hydrogens (tertiary/aromatic N) is 1. The molecule has 1 fully saturated rings. The molecule has 0 unspecified atom stereocenters. The van der Waals surface area contributed by atoms with Crippen molar-refractivity contribution < 1.29 is 14.3 Å². The smallest absolute Gasteiger partial charge is 0.338 e. The molecule has 5 nitrogen and oxygen atoms in total. The number of amides is 1. The van der Waals surface area contributed by atoms with E-state index >= 15 is 0 Å². The summed E-state index contributed by atoms with van der Waals surface area (Å²) in [5.41, 5.74) is 0.924. The van der Waals surface area contributed by atoms with Crippen LogP contribution in [0.3, 0.4) is 0 Å². The molecule has 0 aromatic rings. The number of esters is 1. The van der Waals surface area contributed by atoms with Gasteiger partial charge in [0.05, 0.1) is 18.7 Å². The van der Waals surface area contributed by atoms with Gasteiger partial charge in [-0.05, 0) is 19.8 Å². The van der Waals surface area contributed by atoms with Crippen LogP contribution in [-0.4, -0.2) is 43.0 Å².